The minimum absolute atomic E-state index is 0.0857. The molecule has 4 nitrogen and oxygen atoms in total. The molecular weight excluding hydrogens is 216 g/mol. The molecule has 0 aliphatic heterocycles. The van der Waals surface area contributed by atoms with Crippen LogP contribution in [0, 0.1) is 5.92 Å². The molecule has 0 aromatic heterocycles. The number of nitrogens with two attached hydrogens (primary N) is 1. The topological polar surface area (TPSA) is 64.3 Å². The van der Waals surface area contributed by atoms with E-state index in [1.807, 2.05) is 20.8 Å². The minimum atomic E-state index is -0.448. The van der Waals surface area contributed by atoms with Crippen molar-refractivity contribution in [1.29, 1.82) is 0 Å². The molecule has 1 atom stereocenters. The quantitative estimate of drug-likeness (QED) is 0.738. The number of amides is 1. The van der Waals surface area contributed by atoms with Crippen molar-refractivity contribution in [2.75, 3.05) is 0 Å². The lowest BCUT2D eigenvalue weighted by atomic mass is 9.63. The van der Waals surface area contributed by atoms with E-state index in [1.165, 1.54) is 12.8 Å². The van der Waals surface area contributed by atoms with Crippen molar-refractivity contribution in [3.8, 4) is 0 Å². The van der Waals surface area contributed by atoms with E-state index >= 15 is 0 Å². The largest absolute Gasteiger partial charge is 0.444 e. The Morgan fingerprint density at radius 3 is 2.41 bits per heavy atom. The zero-order valence-corrected chi connectivity index (χ0v) is 11.1. The van der Waals surface area contributed by atoms with Crippen molar-refractivity contribution in [2.24, 2.45) is 11.7 Å². The highest BCUT2D eigenvalue weighted by Crippen LogP contribution is 2.43. The molecule has 0 aromatic carbocycles. The molecule has 0 radical (unpaired) electrons. The van der Waals surface area contributed by atoms with Gasteiger partial charge >= 0.3 is 6.09 Å². The van der Waals surface area contributed by atoms with Crippen LogP contribution in [0.5, 0.6) is 0 Å². The third-order valence-corrected chi connectivity index (χ3v) is 4.04. The van der Waals surface area contributed by atoms with Gasteiger partial charge in [-0.2, -0.15) is 0 Å². The highest BCUT2D eigenvalue weighted by Gasteiger charge is 2.47. The van der Waals surface area contributed by atoms with Gasteiger partial charge in [0, 0.05) is 6.04 Å². The predicted molar refractivity (Wildman–Crippen MR) is 66.7 cm³/mol. The maximum atomic E-state index is 11.9. The molecule has 17 heavy (non-hydrogen) atoms. The van der Waals surface area contributed by atoms with Crippen molar-refractivity contribution in [3.05, 3.63) is 0 Å². The Hall–Kier alpha value is -0.770. The van der Waals surface area contributed by atoms with Crippen molar-refractivity contribution < 1.29 is 9.53 Å². The molecule has 3 saturated carbocycles. The summed E-state index contributed by atoms with van der Waals surface area (Å²) in [5, 5.41) is 3.04. The highest BCUT2D eigenvalue weighted by molar-refractivity contribution is 5.69. The van der Waals surface area contributed by atoms with Crippen LogP contribution in [0.2, 0.25) is 0 Å². The zero-order valence-electron chi connectivity index (χ0n) is 11.1. The Morgan fingerprint density at radius 2 is 1.94 bits per heavy atom. The summed E-state index contributed by atoms with van der Waals surface area (Å²) in [4.78, 5) is 11.9. The summed E-state index contributed by atoms with van der Waals surface area (Å²) in [5.41, 5.74) is 5.54. The summed E-state index contributed by atoms with van der Waals surface area (Å²) in [7, 11) is 0. The number of alkyl carbamates (subject to hydrolysis) is 1. The van der Waals surface area contributed by atoms with Crippen molar-refractivity contribution >= 4 is 6.09 Å². The summed E-state index contributed by atoms with van der Waals surface area (Å²) in [5.74, 6) is 0.771. The number of carbonyl (C=O) groups is 1. The van der Waals surface area contributed by atoms with Gasteiger partial charge < -0.3 is 15.8 Å². The van der Waals surface area contributed by atoms with Gasteiger partial charge in [-0.25, -0.2) is 4.79 Å². The van der Waals surface area contributed by atoms with E-state index in [9.17, 15) is 4.79 Å². The Bertz CT molecular complexity index is 301. The first-order chi connectivity index (χ1) is 7.81. The monoisotopic (exact) mass is 240 g/mol. The van der Waals surface area contributed by atoms with Crippen LogP contribution in [-0.2, 0) is 4.74 Å². The van der Waals surface area contributed by atoms with E-state index < -0.39 is 5.60 Å². The Kier molecular flexibility index (Phi) is 3.10. The summed E-state index contributed by atoms with van der Waals surface area (Å²) < 4.78 is 5.33. The molecule has 98 valence electrons. The SMILES string of the molecule is CC(C)(C)OC(=O)NC12CCC(CC1)C[C@H]2N. The van der Waals surface area contributed by atoms with Gasteiger partial charge in [0.2, 0.25) is 0 Å². The van der Waals surface area contributed by atoms with E-state index in [2.05, 4.69) is 5.32 Å². The zero-order chi connectivity index (χ0) is 12.7. The lowest BCUT2D eigenvalue weighted by Gasteiger charge is -2.50. The number of nitrogens with one attached hydrogen (secondary N) is 1. The van der Waals surface area contributed by atoms with Gasteiger partial charge in [-0.05, 0) is 58.8 Å². The van der Waals surface area contributed by atoms with Crippen LogP contribution in [0.4, 0.5) is 4.79 Å². The summed E-state index contributed by atoms with van der Waals surface area (Å²) in [6, 6.07) is 0.0857. The minimum Gasteiger partial charge on any atom is -0.444 e. The second-order valence-electron chi connectivity index (χ2n) is 6.57. The summed E-state index contributed by atoms with van der Waals surface area (Å²) >= 11 is 0. The van der Waals surface area contributed by atoms with Crippen LogP contribution >= 0.6 is 0 Å². The average molecular weight is 240 g/mol. The van der Waals surface area contributed by atoms with E-state index in [-0.39, 0.29) is 17.7 Å². The molecule has 4 heteroatoms. The van der Waals surface area contributed by atoms with Gasteiger partial charge in [0.1, 0.15) is 5.60 Å². The molecule has 0 spiro atoms. The van der Waals surface area contributed by atoms with Crippen LogP contribution in [0.3, 0.4) is 0 Å². The van der Waals surface area contributed by atoms with E-state index in [1.54, 1.807) is 0 Å². The van der Waals surface area contributed by atoms with Crippen LogP contribution in [-0.4, -0.2) is 23.3 Å². The number of rotatable bonds is 1. The van der Waals surface area contributed by atoms with Crippen LogP contribution in [0.1, 0.15) is 52.9 Å². The first-order valence-electron chi connectivity index (χ1n) is 6.57. The van der Waals surface area contributed by atoms with Crippen molar-refractivity contribution in [2.45, 2.75) is 70.1 Å². The summed E-state index contributed by atoms with van der Waals surface area (Å²) in [6.45, 7) is 5.63. The van der Waals surface area contributed by atoms with Gasteiger partial charge in [-0.3, -0.25) is 0 Å². The second kappa shape index (κ2) is 4.16. The van der Waals surface area contributed by atoms with E-state index in [0.717, 1.165) is 25.2 Å². The fourth-order valence-electron chi connectivity index (χ4n) is 3.11. The van der Waals surface area contributed by atoms with Crippen molar-refractivity contribution in [3.63, 3.8) is 0 Å². The van der Waals surface area contributed by atoms with Gasteiger partial charge in [0.25, 0.3) is 0 Å². The molecule has 0 unspecified atom stereocenters. The molecule has 0 saturated heterocycles. The maximum absolute atomic E-state index is 11.9. The van der Waals surface area contributed by atoms with E-state index in [0.29, 0.717) is 0 Å². The molecule has 3 N–H and O–H groups in total. The Morgan fingerprint density at radius 1 is 1.35 bits per heavy atom. The van der Waals surface area contributed by atoms with Crippen LogP contribution in [0.15, 0.2) is 0 Å². The molecular formula is C13H24N2O2. The lowest BCUT2D eigenvalue weighted by Crippen LogP contribution is -2.65. The Labute approximate surface area is 103 Å². The molecule has 1 amide bonds. The lowest BCUT2D eigenvalue weighted by molar-refractivity contribution is 0.0255. The second-order valence-corrected chi connectivity index (χ2v) is 6.57. The summed E-state index contributed by atoms with van der Waals surface area (Å²) in [6.07, 6.45) is 5.08. The number of fused-ring (bicyclic) bond motifs is 3. The molecule has 0 aromatic rings. The normalized spacial score (nSPS) is 36.7. The predicted octanol–water partition coefficient (Wildman–Crippen LogP) is 2.17. The van der Waals surface area contributed by atoms with Crippen LogP contribution < -0.4 is 11.1 Å². The first-order valence-corrected chi connectivity index (χ1v) is 6.57. The third-order valence-electron chi connectivity index (χ3n) is 4.04. The fourth-order valence-corrected chi connectivity index (χ4v) is 3.11. The third kappa shape index (κ3) is 2.73. The number of carbonyl (C=O) groups excluding carboxylic acids is 1. The molecule has 3 rings (SSSR count). The first kappa shape index (κ1) is 12.7. The average Bonchev–Trinajstić information content (AvgIpc) is 2.17. The molecule has 2 bridgehead atoms. The molecule has 0 heterocycles. The maximum Gasteiger partial charge on any atom is 0.408 e. The van der Waals surface area contributed by atoms with E-state index in [4.69, 9.17) is 10.5 Å². The molecule has 3 aliphatic carbocycles. The highest BCUT2D eigenvalue weighted by atomic mass is 16.6. The smallest absolute Gasteiger partial charge is 0.408 e. The van der Waals surface area contributed by atoms with Gasteiger partial charge in [-0.1, -0.05) is 0 Å². The standard InChI is InChI=1S/C13H24N2O2/c1-12(2,3)17-11(16)15-13-6-4-9(5-7-13)8-10(13)14/h9-10H,4-8,14H2,1-3H3,(H,15,16)/t9?,10-,13?/m1/s1. The molecule has 3 fully saturated rings. The number of ether oxygens (including phenoxy) is 1. The van der Waals surface area contributed by atoms with Crippen molar-refractivity contribution in [1.82, 2.24) is 5.32 Å². The molecule has 3 aliphatic rings. The fraction of sp³-hybridized carbons (Fsp3) is 0.923. The Balaban J connectivity index is 1.99. The van der Waals surface area contributed by atoms with Gasteiger partial charge in [-0.15, -0.1) is 0 Å². The number of hydrogen-bond acceptors (Lipinski definition) is 3. The number of hydrogen-bond donors (Lipinski definition) is 2. The van der Waals surface area contributed by atoms with Crippen LogP contribution in [0.25, 0.3) is 0 Å². The van der Waals surface area contributed by atoms with Gasteiger partial charge in [0.05, 0.1) is 5.54 Å². The van der Waals surface area contributed by atoms with Gasteiger partial charge in [0.15, 0.2) is 0 Å².